The molecule has 1 amide bonds. The van der Waals surface area contributed by atoms with Crippen LogP contribution in [0.5, 0.6) is 5.75 Å². The van der Waals surface area contributed by atoms with Gasteiger partial charge in [-0.05, 0) is 48.9 Å². The van der Waals surface area contributed by atoms with Gasteiger partial charge in [-0.15, -0.1) is 10.2 Å². The highest BCUT2D eigenvalue weighted by atomic mass is 16.5. The maximum Gasteiger partial charge on any atom is 0.246 e. The van der Waals surface area contributed by atoms with Crippen LogP contribution in [0.15, 0.2) is 24.3 Å². The van der Waals surface area contributed by atoms with E-state index < -0.39 is 0 Å². The number of carbonyl (C=O) groups is 1. The summed E-state index contributed by atoms with van der Waals surface area (Å²) in [7, 11) is 1.62. The van der Waals surface area contributed by atoms with Crippen molar-refractivity contribution in [2.75, 3.05) is 13.7 Å². The summed E-state index contributed by atoms with van der Waals surface area (Å²) in [6.45, 7) is 1.01. The Labute approximate surface area is 153 Å². The Morgan fingerprint density at radius 2 is 2.08 bits per heavy atom. The lowest BCUT2D eigenvalue weighted by atomic mass is 9.78. The molecule has 1 aromatic carbocycles. The summed E-state index contributed by atoms with van der Waals surface area (Å²) in [5.74, 6) is 2.03. The SMILES string of the molecule is COc1cccc(-c2nnn(CC(=O)N3CCC[C@@H]4CCCC[C@@H]43)n2)c1. The number of hydrogen-bond donors (Lipinski definition) is 0. The van der Waals surface area contributed by atoms with Gasteiger partial charge in [0.15, 0.2) is 0 Å². The number of rotatable bonds is 4. The van der Waals surface area contributed by atoms with Crippen molar-refractivity contribution in [3.8, 4) is 17.1 Å². The van der Waals surface area contributed by atoms with E-state index in [0.717, 1.165) is 30.7 Å². The predicted molar refractivity (Wildman–Crippen MR) is 96.5 cm³/mol. The molecular weight excluding hydrogens is 330 g/mol. The molecular formula is C19H25N5O2. The van der Waals surface area contributed by atoms with Crippen molar-refractivity contribution in [2.45, 2.75) is 51.1 Å². The monoisotopic (exact) mass is 355 g/mol. The molecule has 7 nitrogen and oxygen atoms in total. The minimum atomic E-state index is 0.108. The topological polar surface area (TPSA) is 73.1 Å². The van der Waals surface area contributed by atoms with Gasteiger partial charge in [0.1, 0.15) is 12.3 Å². The van der Waals surface area contributed by atoms with Gasteiger partial charge in [-0.1, -0.05) is 25.0 Å². The number of nitrogens with zero attached hydrogens (tertiary/aromatic N) is 5. The number of tetrazole rings is 1. The minimum absolute atomic E-state index is 0.108. The first-order chi connectivity index (χ1) is 12.7. The number of likely N-dealkylation sites (tertiary alicyclic amines) is 1. The molecule has 2 heterocycles. The van der Waals surface area contributed by atoms with Gasteiger partial charge in [0, 0.05) is 18.2 Å². The summed E-state index contributed by atoms with van der Waals surface area (Å²) in [4.78, 5) is 16.3. The standard InChI is InChI=1S/C19H25N5O2/c1-26-16-9-4-7-15(12-16)19-20-22-24(21-19)13-18(25)23-11-5-8-14-6-2-3-10-17(14)23/h4,7,9,12,14,17H,2-3,5-6,8,10-11,13H2,1H3/t14-,17-/m0/s1. The fraction of sp³-hybridized carbons (Fsp3) is 0.579. The molecule has 0 radical (unpaired) electrons. The molecule has 0 bridgehead atoms. The minimum Gasteiger partial charge on any atom is -0.497 e. The zero-order chi connectivity index (χ0) is 17.9. The van der Waals surface area contributed by atoms with Crippen LogP contribution in [0.2, 0.25) is 0 Å². The van der Waals surface area contributed by atoms with Crippen LogP contribution in [-0.4, -0.2) is 50.7 Å². The fourth-order valence-corrected chi connectivity index (χ4v) is 4.33. The first kappa shape index (κ1) is 17.0. The van der Waals surface area contributed by atoms with Crippen molar-refractivity contribution < 1.29 is 9.53 Å². The van der Waals surface area contributed by atoms with Crippen LogP contribution < -0.4 is 4.74 Å². The highest BCUT2D eigenvalue weighted by molar-refractivity contribution is 5.76. The summed E-state index contributed by atoms with van der Waals surface area (Å²) < 4.78 is 5.23. The molecule has 1 aromatic heterocycles. The molecule has 2 aromatic rings. The number of aromatic nitrogens is 4. The van der Waals surface area contributed by atoms with Gasteiger partial charge in [-0.3, -0.25) is 4.79 Å². The average molecular weight is 355 g/mol. The first-order valence-electron chi connectivity index (χ1n) is 9.46. The van der Waals surface area contributed by atoms with Crippen LogP contribution in [0, 0.1) is 5.92 Å². The molecule has 1 saturated carbocycles. The normalized spacial score (nSPS) is 22.7. The number of benzene rings is 1. The van der Waals surface area contributed by atoms with Crippen LogP contribution in [-0.2, 0) is 11.3 Å². The molecule has 0 unspecified atom stereocenters. The van der Waals surface area contributed by atoms with E-state index in [4.69, 9.17) is 4.74 Å². The first-order valence-corrected chi connectivity index (χ1v) is 9.46. The molecule has 0 N–H and O–H groups in total. The number of hydrogen-bond acceptors (Lipinski definition) is 5. The van der Waals surface area contributed by atoms with E-state index >= 15 is 0 Å². The fourth-order valence-electron chi connectivity index (χ4n) is 4.33. The van der Waals surface area contributed by atoms with Gasteiger partial charge >= 0.3 is 0 Å². The predicted octanol–water partition coefficient (Wildman–Crippen LogP) is 2.53. The lowest BCUT2D eigenvalue weighted by Crippen LogP contribution is -2.50. The quantitative estimate of drug-likeness (QED) is 0.843. The molecule has 2 fully saturated rings. The van der Waals surface area contributed by atoms with Gasteiger partial charge in [-0.25, -0.2) is 0 Å². The Balaban J connectivity index is 1.45. The van der Waals surface area contributed by atoms with E-state index in [2.05, 4.69) is 20.3 Å². The number of methoxy groups -OCH3 is 1. The number of piperidine rings is 1. The van der Waals surface area contributed by atoms with Crippen molar-refractivity contribution in [2.24, 2.45) is 5.92 Å². The van der Waals surface area contributed by atoms with Crippen LogP contribution in [0.3, 0.4) is 0 Å². The molecule has 26 heavy (non-hydrogen) atoms. The van der Waals surface area contributed by atoms with Crippen molar-refractivity contribution in [3.63, 3.8) is 0 Å². The molecule has 4 rings (SSSR count). The van der Waals surface area contributed by atoms with E-state index in [1.807, 2.05) is 24.3 Å². The second kappa shape index (κ2) is 7.43. The number of ether oxygens (including phenoxy) is 1. The molecule has 0 spiro atoms. The Morgan fingerprint density at radius 1 is 1.23 bits per heavy atom. The van der Waals surface area contributed by atoms with E-state index in [1.165, 1.54) is 30.5 Å². The smallest absolute Gasteiger partial charge is 0.246 e. The maximum atomic E-state index is 12.8. The summed E-state index contributed by atoms with van der Waals surface area (Å²) >= 11 is 0. The van der Waals surface area contributed by atoms with Crippen LogP contribution in [0.25, 0.3) is 11.4 Å². The third kappa shape index (κ3) is 3.43. The molecule has 7 heteroatoms. The third-order valence-electron chi connectivity index (χ3n) is 5.62. The highest BCUT2D eigenvalue weighted by Crippen LogP contribution is 2.35. The van der Waals surface area contributed by atoms with Gasteiger partial charge < -0.3 is 9.64 Å². The maximum absolute atomic E-state index is 12.8. The van der Waals surface area contributed by atoms with E-state index in [9.17, 15) is 4.79 Å². The summed E-state index contributed by atoms with van der Waals surface area (Å²) in [5.41, 5.74) is 0.827. The number of fused-ring (bicyclic) bond motifs is 1. The molecule has 1 aliphatic heterocycles. The van der Waals surface area contributed by atoms with Gasteiger partial charge in [0.2, 0.25) is 11.7 Å². The van der Waals surface area contributed by atoms with Gasteiger partial charge in [-0.2, -0.15) is 4.80 Å². The van der Waals surface area contributed by atoms with E-state index in [1.54, 1.807) is 7.11 Å². The van der Waals surface area contributed by atoms with E-state index in [-0.39, 0.29) is 12.5 Å². The number of carbonyl (C=O) groups excluding carboxylic acids is 1. The van der Waals surface area contributed by atoms with Gasteiger partial charge in [0.25, 0.3) is 0 Å². The highest BCUT2D eigenvalue weighted by Gasteiger charge is 2.35. The second-order valence-electron chi connectivity index (χ2n) is 7.22. The van der Waals surface area contributed by atoms with Crippen molar-refractivity contribution in [1.29, 1.82) is 0 Å². The van der Waals surface area contributed by atoms with Crippen LogP contribution in [0.1, 0.15) is 38.5 Å². The van der Waals surface area contributed by atoms with Gasteiger partial charge in [0.05, 0.1) is 7.11 Å². The van der Waals surface area contributed by atoms with Crippen molar-refractivity contribution in [1.82, 2.24) is 25.1 Å². The molecule has 2 atom stereocenters. The van der Waals surface area contributed by atoms with Crippen LogP contribution >= 0.6 is 0 Å². The Hall–Kier alpha value is -2.44. The lowest BCUT2D eigenvalue weighted by Gasteiger charge is -2.44. The molecule has 138 valence electrons. The largest absolute Gasteiger partial charge is 0.497 e. The number of amides is 1. The Bertz CT molecular complexity index is 773. The lowest BCUT2D eigenvalue weighted by molar-refractivity contribution is -0.138. The molecule has 1 aliphatic carbocycles. The Morgan fingerprint density at radius 3 is 2.96 bits per heavy atom. The summed E-state index contributed by atoms with van der Waals surface area (Å²) in [6, 6.07) is 7.93. The summed E-state index contributed by atoms with van der Waals surface area (Å²) in [5, 5.41) is 12.6. The second-order valence-corrected chi connectivity index (χ2v) is 7.22. The van der Waals surface area contributed by atoms with Crippen LogP contribution in [0.4, 0.5) is 0 Å². The van der Waals surface area contributed by atoms with E-state index in [0.29, 0.717) is 17.8 Å². The molecule has 1 saturated heterocycles. The zero-order valence-electron chi connectivity index (χ0n) is 15.2. The average Bonchev–Trinajstić information content (AvgIpc) is 3.16. The third-order valence-corrected chi connectivity index (χ3v) is 5.62. The van der Waals surface area contributed by atoms with Crippen molar-refractivity contribution >= 4 is 5.91 Å². The Kier molecular flexibility index (Phi) is 4.86. The molecule has 2 aliphatic rings. The zero-order valence-corrected chi connectivity index (χ0v) is 15.2. The van der Waals surface area contributed by atoms with Crippen molar-refractivity contribution in [3.05, 3.63) is 24.3 Å². The summed E-state index contributed by atoms with van der Waals surface area (Å²) in [6.07, 6.45) is 7.29.